The smallest absolute Gasteiger partial charge is 0.343 e. The van der Waals surface area contributed by atoms with E-state index in [9.17, 15) is 9.59 Å². The Morgan fingerprint density at radius 2 is 1.19 bits per heavy atom. The van der Waals surface area contributed by atoms with Crippen molar-refractivity contribution in [3.63, 3.8) is 0 Å². The fourth-order valence-corrected chi connectivity index (χ4v) is 2.59. The SMILES string of the molecule is Cc1noc(C(C)C)c1C(=O)OCCCOC(=O)c1c(C)noc1C(C)C. The lowest BCUT2D eigenvalue weighted by molar-refractivity contribution is 0.0392. The quantitative estimate of drug-likeness (QED) is 0.502. The van der Waals surface area contributed by atoms with Gasteiger partial charge in [0, 0.05) is 18.3 Å². The molecule has 0 N–H and O–H groups in total. The molecule has 0 aliphatic heterocycles. The van der Waals surface area contributed by atoms with Gasteiger partial charge in [0.1, 0.15) is 11.1 Å². The highest BCUT2D eigenvalue weighted by Gasteiger charge is 2.25. The number of rotatable bonds is 8. The molecular weight excluding hydrogens is 352 g/mol. The molecule has 0 saturated carbocycles. The van der Waals surface area contributed by atoms with E-state index in [-0.39, 0.29) is 25.0 Å². The third kappa shape index (κ3) is 4.75. The first-order chi connectivity index (χ1) is 12.7. The molecular formula is C19H26N2O6. The summed E-state index contributed by atoms with van der Waals surface area (Å²) in [6.07, 6.45) is 0.375. The molecule has 0 fully saturated rings. The minimum atomic E-state index is -0.485. The zero-order chi connectivity index (χ0) is 20.1. The molecule has 27 heavy (non-hydrogen) atoms. The van der Waals surface area contributed by atoms with Crippen LogP contribution in [0.3, 0.4) is 0 Å². The number of ether oxygens (including phenoxy) is 2. The Balaban J connectivity index is 1.83. The summed E-state index contributed by atoms with van der Waals surface area (Å²) >= 11 is 0. The number of hydrogen-bond donors (Lipinski definition) is 0. The van der Waals surface area contributed by atoms with Crippen molar-refractivity contribution in [3.05, 3.63) is 34.0 Å². The molecule has 148 valence electrons. The van der Waals surface area contributed by atoms with E-state index >= 15 is 0 Å². The minimum absolute atomic E-state index is 0.0247. The van der Waals surface area contributed by atoms with Gasteiger partial charge in [-0.3, -0.25) is 0 Å². The number of carbonyl (C=O) groups is 2. The summed E-state index contributed by atoms with van der Waals surface area (Å²) in [4.78, 5) is 24.5. The Morgan fingerprint density at radius 1 is 0.815 bits per heavy atom. The molecule has 0 unspecified atom stereocenters. The van der Waals surface area contributed by atoms with E-state index in [0.29, 0.717) is 40.5 Å². The summed E-state index contributed by atoms with van der Waals surface area (Å²) in [5.74, 6) is 0.0935. The monoisotopic (exact) mass is 378 g/mol. The van der Waals surface area contributed by atoms with E-state index in [1.165, 1.54) is 0 Å². The molecule has 0 spiro atoms. The standard InChI is InChI=1S/C19H26N2O6/c1-10(2)16-14(12(5)20-26-16)18(22)24-8-7-9-25-19(23)15-13(6)21-27-17(15)11(3)4/h10-11H,7-9H2,1-6H3. The maximum Gasteiger partial charge on any atom is 0.343 e. The van der Waals surface area contributed by atoms with Crippen LogP contribution in [-0.2, 0) is 9.47 Å². The second-order valence-corrected chi connectivity index (χ2v) is 6.95. The summed E-state index contributed by atoms with van der Waals surface area (Å²) in [6.45, 7) is 11.3. The number of esters is 2. The normalized spacial score (nSPS) is 11.3. The van der Waals surface area contributed by atoms with Crippen molar-refractivity contribution in [1.82, 2.24) is 10.3 Å². The van der Waals surface area contributed by atoms with Crippen molar-refractivity contribution >= 4 is 11.9 Å². The zero-order valence-electron chi connectivity index (χ0n) is 16.6. The number of nitrogens with zero attached hydrogens (tertiary/aromatic N) is 2. The molecule has 8 nitrogen and oxygen atoms in total. The Bertz CT molecular complexity index is 737. The van der Waals surface area contributed by atoms with Crippen LogP contribution in [0, 0.1) is 13.8 Å². The first-order valence-corrected chi connectivity index (χ1v) is 9.00. The van der Waals surface area contributed by atoms with E-state index in [2.05, 4.69) is 10.3 Å². The van der Waals surface area contributed by atoms with Crippen molar-refractivity contribution in [2.45, 2.75) is 59.8 Å². The lowest BCUT2D eigenvalue weighted by atomic mass is 10.1. The zero-order valence-corrected chi connectivity index (χ0v) is 16.6. The fraction of sp³-hybridized carbons (Fsp3) is 0.579. The van der Waals surface area contributed by atoms with E-state index in [1.807, 2.05) is 27.7 Å². The van der Waals surface area contributed by atoms with Crippen LogP contribution in [0.1, 0.15) is 89.6 Å². The van der Waals surface area contributed by atoms with Gasteiger partial charge < -0.3 is 18.5 Å². The molecule has 0 saturated heterocycles. The largest absolute Gasteiger partial charge is 0.462 e. The predicted octanol–water partition coefficient (Wildman–Crippen LogP) is 3.93. The molecule has 0 radical (unpaired) electrons. The third-order valence-electron chi connectivity index (χ3n) is 3.99. The molecule has 0 atom stereocenters. The second-order valence-electron chi connectivity index (χ2n) is 6.95. The first-order valence-electron chi connectivity index (χ1n) is 9.00. The average Bonchev–Trinajstić information content (AvgIpc) is 3.17. The molecule has 8 heteroatoms. The maximum atomic E-state index is 12.2. The van der Waals surface area contributed by atoms with Gasteiger partial charge in [-0.15, -0.1) is 0 Å². The molecule has 0 aliphatic rings. The summed E-state index contributed by atoms with van der Waals surface area (Å²) in [5, 5.41) is 7.65. The van der Waals surface area contributed by atoms with E-state index < -0.39 is 11.9 Å². The lowest BCUT2D eigenvalue weighted by Crippen LogP contribution is -2.13. The molecule has 0 amide bonds. The predicted molar refractivity (Wildman–Crippen MR) is 95.8 cm³/mol. The summed E-state index contributed by atoms with van der Waals surface area (Å²) < 4.78 is 20.9. The number of carbonyl (C=O) groups excluding carboxylic acids is 2. The molecule has 0 aromatic carbocycles. The van der Waals surface area contributed by atoms with Crippen molar-refractivity contribution < 1.29 is 28.1 Å². The lowest BCUT2D eigenvalue weighted by Gasteiger charge is -2.08. The minimum Gasteiger partial charge on any atom is -0.462 e. The highest BCUT2D eigenvalue weighted by Crippen LogP contribution is 2.24. The van der Waals surface area contributed by atoms with Gasteiger partial charge in [0.05, 0.1) is 24.6 Å². The summed E-state index contributed by atoms with van der Waals surface area (Å²) in [6, 6.07) is 0. The van der Waals surface area contributed by atoms with Gasteiger partial charge in [0.2, 0.25) is 0 Å². The van der Waals surface area contributed by atoms with Crippen LogP contribution in [0.4, 0.5) is 0 Å². The van der Waals surface area contributed by atoms with Crippen LogP contribution < -0.4 is 0 Å². The highest BCUT2D eigenvalue weighted by molar-refractivity contribution is 5.92. The first kappa shape index (κ1) is 20.7. The maximum absolute atomic E-state index is 12.2. The Morgan fingerprint density at radius 3 is 1.52 bits per heavy atom. The topological polar surface area (TPSA) is 105 Å². The van der Waals surface area contributed by atoms with Gasteiger partial charge in [-0.2, -0.15) is 0 Å². The molecule has 0 bridgehead atoms. The van der Waals surface area contributed by atoms with Crippen LogP contribution in [-0.4, -0.2) is 35.5 Å². The molecule has 2 aromatic heterocycles. The van der Waals surface area contributed by atoms with Crippen molar-refractivity contribution in [2.75, 3.05) is 13.2 Å². The van der Waals surface area contributed by atoms with Crippen LogP contribution in [0.5, 0.6) is 0 Å². The van der Waals surface area contributed by atoms with E-state index in [1.54, 1.807) is 13.8 Å². The summed E-state index contributed by atoms with van der Waals surface area (Å²) in [7, 11) is 0. The van der Waals surface area contributed by atoms with Gasteiger partial charge in [-0.05, 0) is 13.8 Å². The van der Waals surface area contributed by atoms with Crippen molar-refractivity contribution in [1.29, 1.82) is 0 Å². The van der Waals surface area contributed by atoms with Gasteiger partial charge in [-0.1, -0.05) is 38.0 Å². The van der Waals surface area contributed by atoms with Crippen molar-refractivity contribution in [2.24, 2.45) is 0 Å². The van der Waals surface area contributed by atoms with Crippen LogP contribution >= 0.6 is 0 Å². The second kappa shape index (κ2) is 8.83. The number of aryl methyl sites for hydroxylation is 2. The molecule has 2 aromatic rings. The molecule has 2 heterocycles. The highest BCUT2D eigenvalue weighted by atomic mass is 16.5. The summed E-state index contributed by atoms with van der Waals surface area (Å²) in [5.41, 5.74) is 1.73. The molecule has 0 aliphatic carbocycles. The Hall–Kier alpha value is -2.64. The fourth-order valence-electron chi connectivity index (χ4n) is 2.59. The van der Waals surface area contributed by atoms with Crippen LogP contribution in [0.25, 0.3) is 0 Å². The Kier molecular flexibility index (Phi) is 6.76. The number of hydrogen-bond acceptors (Lipinski definition) is 8. The third-order valence-corrected chi connectivity index (χ3v) is 3.99. The molecule has 2 rings (SSSR count). The van der Waals surface area contributed by atoms with Crippen LogP contribution in [0.15, 0.2) is 9.05 Å². The average molecular weight is 378 g/mol. The Labute approximate surface area is 158 Å². The van der Waals surface area contributed by atoms with E-state index in [4.69, 9.17) is 18.5 Å². The van der Waals surface area contributed by atoms with Gasteiger partial charge in [-0.25, -0.2) is 9.59 Å². The van der Waals surface area contributed by atoms with Crippen LogP contribution in [0.2, 0.25) is 0 Å². The number of aromatic nitrogens is 2. The van der Waals surface area contributed by atoms with Gasteiger partial charge >= 0.3 is 11.9 Å². The van der Waals surface area contributed by atoms with Gasteiger partial charge in [0.25, 0.3) is 0 Å². The van der Waals surface area contributed by atoms with E-state index in [0.717, 1.165) is 0 Å². The van der Waals surface area contributed by atoms with Gasteiger partial charge in [0.15, 0.2) is 11.5 Å². The van der Waals surface area contributed by atoms with Crippen molar-refractivity contribution in [3.8, 4) is 0 Å².